The Kier molecular flexibility index (Phi) is 3.11. The third kappa shape index (κ3) is 2.75. The predicted octanol–water partition coefficient (Wildman–Crippen LogP) is -0.162. The average molecular weight is 253 g/mol. The zero-order chi connectivity index (χ0) is 12.5. The fourth-order valence-corrected chi connectivity index (χ4v) is 2.07. The first-order valence-corrected chi connectivity index (χ1v) is 6.69. The summed E-state index contributed by atoms with van der Waals surface area (Å²) in [6, 6.07) is 0.0232. The van der Waals surface area contributed by atoms with E-state index in [4.69, 9.17) is 4.74 Å². The van der Waals surface area contributed by atoms with Gasteiger partial charge in [0.25, 0.3) is 0 Å². The van der Waals surface area contributed by atoms with Crippen molar-refractivity contribution in [3.05, 3.63) is 0 Å². The zero-order valence-corrected chi connectivity index (χ0v) is 10.4. The Hall–Kier alpha value is -1.30. The number of morpholine rings is 1. The lowest BCUT2D eigenvalue weighted by Gasteiger charge is -2.34. The van der Waals surface area contributed by atoms with Crippen molar-refractivity contribution < 1.29 is 14.3 Å². The second-order valence-corrected chi connectivity index (χ2v) is 5.29. The Labute approximate surface area is 106 Å². The molecule has 3 fully saturated rings. The summed E-state index contributed by atoms with van der Waals surface area (Å²) in [5, 5.41) is 5.87. The van der Waals surface area contributed by atoms with Gasteiger partial charge in [0, 0.05) is 18.6 Å². The minimum atomic E-state index is -0.474. The van der Waals surface area contributed by atoms with Crippen LogP contribution in [0.4, 0.5) is 4.79 Å². The largest absolute Gasteiger partial charge is 0.377 e. The van der Waals surface area contributed by atoms with E-state index >= 15 is 0 Å². The van der Waals surface area contributed by atoms with E-state index in [1.54, 1.807) is 4.90 Å². The van der Waals surface area contributed by atoms with Crippen molar-refractivity contribution in [3.8, 4) is 0 Å². The van der Waals surface area contributed by atoms with E-state index in [1.165, 1.54) is 0 Å². The molecular formula is C12H19N3O3. The van der Waals surface area contributed by atoms with Crippen molar-refractivity contribution in [1.29, 1.82) is 0 Å². The molecule has 1 saturated heterocycles. The number of urea groups is 1. The number of carbonyl (C=O) groups excluding carboxylic acids is 2. The van der Waals surface area contributed by atoms with Gasteiger partial charge in [0.15, 0.2) is 0 Å². The summed E-state index contributed by atoms with van der Waals surface area (Å²) < 4.78 is 5.32. The van der Waals surface area contributed by atoms with Gasteiger partial charge >= 0.3 is 6.03 Å². The molecule has 0 spiro atoms. The van der Waals surface area contributed by atoms with Gasteiger partial charge in [0.1, 0.15) is 6.04 Å². The number of amides is 3. The number of nitrogens with one attached hydrogen (secondary N) is 2. The van der Waals surface area contributed by atoms with Crippen LogP contribution in [-0.4, -0.2) is 54.7 Å². The van der Waals surface area contributed by atoms with E-state index in [9.17, 15) is 9.59 Å². The molecule has 2 saturated carbocycles. The van der Waals surface area contributed by atoms with Gasteiger partial charge in [-0.1, -0.05) is 0 Å². The first-order chi connectivity index (χ1) is 8.74. The molecule has 1 unspecified atom stereocenters. The predicted molar refractivity (Wildman–Crippen MR) is 64.0 cm³/mol. The average Bonchev–Trinajstić information content (AvgIpc) is 3.25. The maximum atomic E-state index is 12.1. The quantitative estimate of drug-likeness (QED) is 0.734. The van der Waals surface area contributed by atoms with Crippen molar-refractivity contribution in [3.63, 3.8) is 0 Å². The molecule has 2 N–H and O–H groups in total. The normalized spacial score (nSPS) is 27.8. The minimum Gasteiger partial charge on any atom is -0.377 e. The highest BCUT2D eigenvalue weighted by atomic mass is 16.5. The Balaban J connectivity index is 1.60. The molecule has 6 nitrogen and oxygen atoms in total. The van der Waals surface area contributed by atoms with Crippen molar-refractivity contribution >= 4 is 11.9 Å². The summed E-state index contributed by atoms with van der Waals surface area (Å²) in [6.07, 6.45) is 4.20. The number of ether oxygens (including phenoxy) is 1. The summed E-state index contributed by atoms with van der Waals surface area (Å²) in [4.78, 5) is 25.7. The number of hydrogen-bond acceptors (Lipinski definition) is 3. The first kappa shape index (κ1) is 11.8. The molecule has 3 rings (SSSR count). The molecule has 1 aliphatic heterocycles. The lowest BCUT2D eigenvalue weighted by molar-refractivity contribution is -0.130. The van der Waals surface area contributed by atoms with E-state index in [-0.39, 0.29) is 11.9 Å². The molecule has 2 aliphatic carbocycles. The molecule has 3 amide bonds. The molecule has 6 heteroatoms. The van der Waals surface area contributed by atoms with Crippen LogP contribution in [-0.2, 0) is 9.53 Å². The standard InChI is InChI=1S/C12H19N3O3/c16-11(13-8-1-2-8)10-7-18-6-5-15(10)12(17)14-9-3-4-9/h8-10H,1-7H2,(H,13,16)(H,14,17). The van der Waals surface area contributed by atoms with Gasteiger partial charge in [-0.3, -0.25) is 4.79 Å². The Morgan fingerprint density at radius 3 is 2.39 bits per heavy atom. The van der Waals surface area contributed by atoms with E-state index in [0.717, 1.165) is 25.7 Å². The third-order valence-corrected chi connectivity index (χ3v) is 3.52. The second-order valence-electron chi connectivity index (χ2n) is 5.29. The fraction of sp³-hybridized carbons (Fsp3) is 0.833. The Morgan fingerprint density at radius 1 is 1.06 bits per heavy atom. The molecule has 1 heterocycles. The van der Waals surface area contributed by atoms with E-state index in [1.807, 2.05) is 0 Å². The van der Waals surface area contributed by atoms with Crippen molar-refractivity contribution in [2.24, 2.45) is 0 Å². The molecule has 18 heavy (non-hydrogen) atoms. The molecule has 0 bridgehead atoms. The van der Waals surface area contributed by atoms with Gasteiger partial charge in [0.2, 0.25) is 5.91 Å². The third-order valence-electron chi connectivity index (χ3n) is 3.52. The topological polar surface area (TPSA) is 70.7 Å². The van der Waals surface area contributed by atoms with Crippen molar-refractivity contribution in [2.45, 2.75) is 43.8 Å². The van der Waals surface area contributed by atoms with Crippen LogP contribution in [0.1, 0.15) is 25.7 Å². The van der Waals surface area contributed by atoms with E-state index in [0.29, 0.717) is 31.8 Å². The van der Waals surface area contributed by atoms with Crippen LogP contribution >= 0.6 is 0 Å². The molecule has 3 aliphatic rings. The molecule has 1 atom stereocenters. The smallest absolute Gasteiger partial charge is 0.318 e. The summed E-state index contributed by atoms with van der Waals surface area (Å²) in [6.45, 7) is 1.29. The second kappa shape index (κ2) is 4.76. The summed E-state index contributed by atoms with van der Waals surface area (Å²) in [5.41, 5.74) is 0. The van der Waals surface area contributed by atoms with Gasteiger partial charge in [-0.25, -0.2) is 4.79 Å². The van der Waals surface area contributed by atoms with Gasteiger partial charge < -0.3 is 20.3 Å². The molecular weight excluding hydrogens is 234 g/mol. The highest BCUT2D eigenvalue weighted by Crippen LogP contribution is 2.21. The van der Waals surface area contributed by atoms with Gasteiger partial charge in [-0.2, -0.15) is 0 Å². The molecule has 100 valence electrons. The number of carbonyl (C=O) groups is 2. The van der Waals surface area contributed by atoms with E-state index < -0.39 is 6.04 Å². The monoisotopic (exact) mass is 253 g/mol. The summed E-state index contributed by atoms with van der Waals surface area (Å²) >= 11 is 0. The SMILES string of the molecule is O=C(NC1CC1)C1COCCN1C(=O)NC1CC1. The highest BCUT2D eigenvalue weighted by Gasteiger charge is 2.37. The molecule has 0 aromatic rings. The maximum Gasteiger partial charge on any atom is 0.318 e. The number of hydrogen-bond donors (Lipinski definition) is 2. The van der Waals surface area contributed by atoms with Gasteiger partial charge in [-0.05, 0) is 25.7 Å². The summed E-state index contributed by atoms with van der Waals surface area (Å²) in [5.74, 6) is -0.0804. The van der Waals surface area contributed by atoms with Crippen molar-refractivity contribution in [2.75, 3.05) is 19.8 Å². The Bertz CT molecular complexity index is 318. The molecule has 0 aromatic carbocycles. The molecule has 0 aromatic heterocycles. The van der Waals surface area contributed by atoms with Crippen LogP contribution in [0.25, 0.3) is 0 Å². The number of rotatable bonds is 3. The minimum absolute atomic E-state index is 0.0804. The van der Waals surface area contributed by atoms with Crippen molar-refractivity contribution in [1.82, 2.24) is 15.5 Å². The van der Waals surface area contributed by atoms with Gasteiger partial charge in [-0.15, -0.1) is 0 Å². The molecule has 0 radical (unpaired) electrons. The Morgan fingerprint density at radius 2 is 1.72 bits per heavy atom. The van der Waals surface area contributed by atoms with Crippen LogP contribution in [0.15, 0.2) is 0 Å². The zero-order valence-electron chi connectivity index (χ0n) is 10.4. The highest BCUT2D eigenvalue weighted by molar-refractivity contribution is 5.88. The lowest BCUT2D eigenvalue weighted by atomic mass is 10.2. The van der Waals surface area contributed by atoms with Crippen LogP contribution in [0, 0.1) is 0 Å². The van der Waals surface area contributed by atoms with Crippen LogP contribution in [0.2, 0.25) is 0 Å². The first-order valence-electron chi connectivity index (χ1n) is 6.69. The van der Waals surface area contributed by atoms with Gasteiger partial charge in [0.05, 0.1) is 13.2 Å². The van der Waals surface area contributed by atoms with Crippen LogP contribution in [0.3, 0.4) is 0 Å². The van der Waals surface area contributed by atoms with E-state index in [2.05, 4.69) is 10.6 Å². The van der Waals surface area contributed by atoms with Crippen LogP contribution < -0.4 is 10.6 Å². The summed E-state index contributed by atoms with van der Waals surface area (Å²) in [7, 11) is 0. The van der Waals surface area contributed by atoms with Crippen LogP contribution in [0.5, 0.6) is 0 Å². The number of nitrogens with zero attached hydrogens (tertiary/aromatic N) is 1. The lowest BCUT2D eigenvalue weighted by Crippen LogP contribution is -2.58. The fourth-order valence-electron chi connectivity index (χ4n) is 2.07. The maximum absolute atomic E-state index is 12.1.